The number of carbonyl (C=O) groups excluding carboxylic acids is 1. The lowest BCUT2D eigenvalue weighted by atomic mass is 9.91. The molecule has 3 heterocycles. The van der Waals surface area contributed by atoms with E-state index in [9.17, 15) is 4.79 Å². The minimum absolute atomic E-state index is 0.179. The zero-order valence-electron chi connectivity index (χ0n) is 18.6. The summed E-state index contributed by atoms with van der Waals surface area (Å²) in [5.41, 5.74) is 2.50. The van der Waals surface area contributed by atoms with Gasteiger partial charge in [-0.25, -0.2) is 4.98 Å². The van der Waals surface area contributed by atoms with Crippen molar-refractivity contribution >= 4 is 28.4 Å². The van der Waals surface area contributed by atoms with Crippen molar-refractivity contribution in [2.24, 2.45) is 13.0 Å². The van der Waals surface area contributed by atoms with E-state index in [0.29, 0.717) is 29.7 Å². The van der Waals surface area contributed by atoms with Gasteiger partial charge in [0.2, 0.25) is 0 Å². The summed E-state index contributed by atoms with van der Waals surface area (Å²) < 4.78 is 3.91. The molecule has 1 amide bonds. The van der Waals surface area contributed by atoms with E-state index in [0.717, 1.165) is 28.7 Å². The van der Waals surface area contributed by atoms with Gasteiger partial charge in [0.1, 0.15) is 11.5 Å². The van der Waals surface area contributed by atoms with Crippen LogP contribution in [0.5, 0.6) is 0 Å². The molecule has 3 aromatic heterocycles. The Balaban J connectivity index is 1.65. The molecule has 1 atom stereocenters. The quantitative estimate of drug-likeness (QED) is 0.410. The summed E-state index contributed by atoms with van der Waals surface area (Å²) in [6.07, 6.45) is 8.25. The molecule has 1 aromatic carbocycles. The van der Waals surface area contributed by atoms with Crippen molar-refractivity contribution in [3.8, 4) is 0 Å². The fourth-order valence-electron chi connectivity index (χ4n) is 4.16. The number of nitrogens with zero attached hydrogens (tertiary/aromatic N) is 4. The second kappa shape index (κ2) is 9.57. The number of hydrogen-bond acceptors (Lipinski definition) is 3. The maximum atomic E-state index is 13.4. The van der Waals surface area contributed by atoms with Crippen molar-refractivity contribution in [1.82, 2.24) is 24.4 Å². The van der Waals surface area contributed by atoms with E-state index in [1.54, 1.807) is 12.4 Å². The van der Waals surface area contributed by atoms with E-state index in [4.69, 9.17) is 11.6 Å². The number of benzene rings is 1. The molecule has 7 heteroatoms. The third-order valence-corrected chi connectivity index (χ3v) is 6.15. The molecule has 0 saturated heterocycles. The number of carbonyl (C=O) groups is 1. The molecule has 1 unspecified atom stereocenters. The molecule has 0 bridgehead atoms. The molecule has 0 aliphatic heterocycles. The average Bonchev–Trinajstić information content (AvgIpc) is 3.32. The maximum absolute atomic E-state index is 13.4. The van der Waals surface area contributed by atoms with E-state index in [1.807, 2.05) is 58.9 Å². The van der Waals surface area contributed by atoms with Crippen LogP contribution in [0.4, 0.5) is 0 Å². The Bertz CT molecular complexity index is 1210. The fourth-order valence-corrected chi connectivity index (χ4v) is 4.51. The van der Waals surface area contributed by atoms with Crippen LogP contribution >= 0.6 is 11.6 Å². The fraction of sp³-hybridized carbons (Fsp3) is 0.320. The summed E-state index contributed by atoms with van der Waals surface area (Å²) >= 11 is 6.73. The van der Waals surface area contributed by atoms with Crippen LogP contribution in [0.1, 0.15) is 48.1 Å². The van der Waals surface area contributed by atoms with Gasteiger partial charge in [0.05, 0.1) is 17.1 Å². The summed E-state index contributed by atoms with van der Waals surface area (Å²) in [5.74, 6) is 1.34. The Labute approximate surface area is 193 Å². The van der Waals surface area contributed by atoms with Gasteiger partial charge in [-0.1, -0.05) is 49.7 Å². The van der Waals surface area contributed by atoms with Crippen LogP contribution in [-0.2, 0) is 13.6 Å². The second-order valence-electron chi connectivity index (χ2n) is 8.54. The normalized spacial score (nSPS) is 12.4. The second-order valence-corrected chi connectivity index (χ2v) is 8.92. The molecular formula is C25H28ClN5O. The molecule has 166 valence electrons. The van der Waals surface area contributed by atoms with Gasteiger partial charge in [-0.2, -0.15) is 0 Å². The molecule has 0 spiro atoms. The molecule has 32 heavy (non-hydrogen) atoms. The Hall–Kier alpha value is -3.12. The average molecular weight is 450 g/mol. The van der Waals surface area contributed by atoms with Crippen molar-refractivity contribution in [3.05, 3.63) is 83.3 Å². The number of pyridine rings is 1. The minimum atomic E-state index is -0.182. The van der Waals surface area contributed by atoms with Crippen molar-refractivity contribution in [2.45, 2.75) is 32.7 Å². The van der Waals surface area contributed by atoms with Crippen LogP contribution in [-0.4, -0.2) is 31.6 Å². The monoisotopic (exact) mass is 449 g/mol. The molecule has 4 aromatic rings. The lowest BCUT2D eigenvalue weighted by Gasteiger charge is -2.20. The van der Waals surface area contributed by atoms with Crippen molar-refractivity contribution < 1.29 is 4.79 Å². The van der Waals surface area contributed by atoms with Gasteiger partial charge >= 0.3 is 0 Å². The first-order valence-corrected chi connectivity index (χ1v) is 11.2. The third-order valence-electron chi connectivity index (χ3n) is 5.77. The van der Waals surface area contributed by atoms with Gasteiger partial charge in [-0.05, 0) is 30.0 Å². The number of fused-ring (bicyclic) bond motifs is 1. The SMILES string of the molecule is CC(C)CC(CNC(=O)c1c(Cl)c2ccccc2n1Cc1nccn1C)c1cccnc1. The summed E-state index contributed by atoms with van der Waals surface area (Å²) in [6.45, 7) is 5.35. The van der Waals surface area contributed by atoms with Gasteiger partial charge < -0.3 is 14.5 Å². The molecule has 6 nitrogen and oxygen atoms in total. The molecular weight excluding hydrogens is 422 g/mol. The lowest BCUT2D eigenvalue weighted by Crippen LogP contribution is -2.31. The van der Waals surface area contributed by atoms with Crippen LogP contribution in [0.3, 0.4) is 0 Å². The number of aryl methyl sites for hydroxylation is 1. The number of imidazole rings is 1. The maximum Gasteiger partial charge on any atom is 0.269 e. The first-order chi connectivity index (χ1) is 15.5. The van der Waals surface area contributed by atoms with E-state index in [1.165, 1.54) is 0 Å². The summed E-state index contributed by atoms with van der Waals surface area (Å²) in [7, 11) is 1.94. The van der Waals surface area contributed by atoms with Crippen LogP contribution in [0.15, 0.2) is 61.2 Å². The summed E-state index contributed by atoms with van der Waals surface area (Å²) in [5, 5.41) is 4.47. The number of rotatable bonds is 8. The number of amides is 1. The zero-order valence-corrected chi connectivity index (χ0v) is 19.4. The van der Waals surface area contributed by atoms with Gasteiger partial charge in [0, 0.05) is 49.7 Å². The molecule has 0 aliphatic carbocycles. The summed E-state index contributed by atoms with van der Waals surface area (Å²) in [4.78, 5) is 22.1. The molecule has 0 radical (unpaired) electrons. The number of para-hydroxylation sites is 1. The highest BCUT2D eigenvalue weighted by molar-refractivity contribution is 6.38. The standard InChI is InChI=1S/C25H28ClN5O/c1-17(2)13-19(18-7-6-10-27-14-18)15-29-25(32)24-23(26)20-8-4-5-9-21(20)31(24)16-22-28-11-12-30(22)3/h4-12,14,17,19H,13,15-16H2,1-3H3,(H,29,32). The van der Waals surface area contributed by atoms with E-state index in [-0.39, 0.29) is 11.8 Å². The predicted molar refractivity (Wildman–Crippen MR) is 128 cm³/mol. The topological polar surface area (TPSA) is 64.7 Å². The zero-order chi connectivity index (χ0) is 22.7. The number of halogens is 1. The Morgan fingerprint density at radius 3 is 2.66 bits per heavy atom. The number of nitrogens with one attached hydrogen (secondary N) is 1. The van der Waals surface area contributed by atoms with Crippen molar-refractivity contribution in [1.29, 1.82) is 0 Å². The first kappa shape index (κ1) is 22.1. The third kappa shape index (κ3) is 4.55. The van der Waals surface area contributed by atoms with E-state index in [2.05, 4.69) is 35.2 Å². The van der Waals surface area contributed by atoms with Crippen LogP contribution in [0.25, 0.3) is 10.9 Å². The van der Waals surface area contributed by atoms with Gasteiger partial charge in [-0.15, -0.1) is 0 Å². The molecule has 0 saturated carbocycles. The Morgan fingerprint density at radius 1 is 1.16 bits per heavy atom. The van der Waals surface area contributed by atoms with Crippen molar-refractivity contribution in [2.75, 3.05) is 6.54 Å². The van der Waals surface area contributed by atoms with Gasteiger partial charge in [0.25, 0.3) is 5.91 Å². The highest BCUT2D eigenvalue weighted by Crippen LogP contribution is 2.31. The highest BCUT2D eigenvalue weighted by atomic mass is 35.5. The Kier molecular flexibility index (Phi) is 6.61. The number of hydrogen-bond donors (Lipinski definition) is 1. The lowest BCUT2D eigenvalue weighted by molar-refractivity contribution is 0.0941. The first-order valence-electron chi connectivity index (χ1n) is 10.9. The molecule has 0 fully saturated rings. The Morgan fingerprint density at radius 2 is 1.97 bits per heavy atom. The smallest absolute Gasteiger partial charge is 0.269 e. The van der Waals surface area contributed by atoms with Crippen LogP contribution in [0, 0.1) is 5.92 Å². The molecule has 0 aliphatic rings. The van der Waals surface area contributed by atoms with Crippen LogP contribution in [0.2, 0.25) is 5.02 Å². The van der Waals surface area contributed by atoms with Gasteiger partial charge in [-0.3, -0.25) is 9.78 Å². The summed E-state index contributed by atoms with van der Waals surface area (Å²) in [6, 6.07) is 11.8. The molecule has 1 N–H and O–H groups in total. The van der Waals surface area contributed by atoms with Gasteiger partial charge in [0.15, 0.2) is 0 Å². The van der Waals surface area contributed by atoms with E-state index >= 15 is 0 Å². The highest BCUT2D eigenvalue weighted by Gasteiger charge is 2.24. The van der Waals surface area contributed by atoms with Crippen molar-refractivity contribution in [3.63, 3.8) is 0 Å². The molecule has 4 rings (SSSR count). The number of aromatic nitrogens is 4. The largest absolute Gasteiger partial charge is 0.350 e. The van der Waals surface area contributed by atoms with Crippen LogP contribution < -0.4 is 5.32 Å². The predicted octanol–water partition coefficient (Wildman–Crippen LogP) is 5.03. The van der Waals surface area contributed by atoms with E-state index < -0.39 is 0 Å². The minimum Gasteiger partial charge on any atom is -0.350 e.